The van der Waals surface area contributed by atoms with Crippen molar-refractivity contribution < 1.29 is 0 Å². The molecule has 1 fully saturated rings. The van der Waals surface area contributed by atoms with Crippen LogP contribution in [0, 0.1) is 18.8 Å². The second-order valence-electron chi connectivity index (χ2n) is 3.67. The Kier molecular flexibility index (Phi) is 2.72. The summed E-state index contributed by atoms with van der Waals surface area (Å²) in [5.74, 6) is 1.46. The Morgan fingerprint density at radius 3 is 2.80 bits per heavy atom. The van der Waals surface area contributed by atoms with Gasteiger partial charge in [-0.2, -0.15) is 0 Å². The number of hydrogen-bond acceptors (Lipinski definition) is 1. The van der Waals surface area contributed by atoms with Gasteiger partial charge in [0, 0.05) is 6.04 Å². The Bertz CT molecular complexity index is 98.9. The van der Waals surface area contributed by atoms with E-state index in [0.29, 0.717) is 5.92 Å². The van der Waals surface area contributed by atoms with Gasteiger partial charge in [0.2, 0.25) is 0 Å². The molecule has 1 radical (unpaired) electrons. The third-order valence-electron chi connectivity index (χ3n) is 2.35. The predicted octanol–water partition coefficient (Wildman–Crippen LogP) is 1.84. The summed E-state index contributed by atoms with van der Waals surface area (Å²) < 4.78 is 0. The van der Waals surface area contributed by atoms with Gasteiger partial charge in [0.1, 0.15) is 0 Å². The third-order valence-corrected chi connectivity index (χ3v) is 2.35. The predicted molar refractivity (Wildman–Crippen MR) is 44.7 cm³/mol. The zero-order valence-electron chi connectivity index (χ0n) is 7.06. The normalized spacial score (nSPS) is 33.6. The largest absolute Gasteiger partial charge is 0.314 e. The molecule has 0 saturated carbocycles. The molecule has 10 heavy (non-hydrogen) atoms. The van der Waals surface area contributed by atoms with E-state index in [-0.39, 0.29) is 0 Å². The molecule has 1 aliphatic heterocycles. The van der Waals surface area contributed by atoms with Crippen LogP contribution in [-0.2, 0) is 0 Å². The van der Waals surface area contributed by atoms with Crippen molar-refractivity contribution in [3.8, 4) is 0 Å². The van der Waals surface area contributed by atoms with E-state index in [1.807, 2.05) is 0 Å². The van der Waals surface area contributed by atoms with Crippen molar-refractivity contribution in [1.29, 1.82) is 0 Å². The zero-order chi connectivity index (χ0) is 7.56. The molecule has 0 aromatic rings. The molecule has 1 aliphatic rings. The molecule has 1 rings (SSSR count). The summed E-state index contributed by atoms with van der Waals surface area (Å²) in [5, 5.41) is 3.50. The van der Waals surface area contributed by atoms with E-state index in [1.165, 1.54) is 19.4 Å². The molecule has 0 bridgehead atoms. The van der Waals surface area contributed by atoms with E-state index in [2.05, 4.69) is 26.1 Å². The molecule has 0 spiro atoms. The highest BCUT2D eigenvalue weighted by atomic mass is 14.9. The topological polar surface area (TPSA) is 12.0 Å². The van der Waals surface area contributed by atoms with E-state index in [1.54, 1.807) is 0 Å². The van der Waals surface area contributed by atoms with Crippen LogP contribution in [0.25, 0.3) is 0 Å². The van der Waals surface area contributed by atoms with Crippen LogP contribution in [0.1, 0.15) is 26.7 Å². The third kappa shape index (κ3) is 1.98. The minimum Gasteiger partial charge on any atom is -0.314 e. The van der Waals surface area contributed by atoms with Gasteiger partial charge in [0.15, 0.2) is 0 Å². The lowest BCUT2D eigenvalue weighted by Gasteiger charge is -2.17. The fourth-order valence-electron chi connectivity index (χ4n) is 1.65. The SMILES string of the molecule is [CH2]C(C)CC1NCCC1C. The molecule has 0 aliphatic carbocycles. The summed E-state index contributed by atoms with van der Waals surface area (Å²) in [7, 11) is 0. The van der Waals surface area contributed by atoms with Crippen LogP contribution in [0.2, 0.25) is 0 Å². The lowest BCUT2D eigenvalue weighted by molar-refractivity contribution is 0.413. The fourth-order valence-corrected chi connectivity index (χ4v) is 1.65. The first-order valence-corrected chi connectivity index (χ1v) is 4.26. The molecule has 0 aromatic carbocycles. The summed E-state index contributed by atoms with van der Waals surface area (Å²) in [5.41, 5.74) is 0. The lowest BCUT2D eigenvalue weighted by Crippen LogP contribution is -2.27. The van der Waals surface area contributed by atoms with Crippen LogP contribution in [0.4, 0.5) is 0 Å². The first kappa shape index (κ1) is 8.06. The van der Waals surface area contributed by atoms with Crippen LogP contribution >= 0.6 is 0 Å². The standard InChI is InChI=1S/C9H18N/c1-7(2)6-9-8(3)4-5-10-9/h7-10H,1,4-6H2,2-3H3. The van der Waals surface area contributed by atoms with Crippen LogP contribution in [0.15, 0.2) is 0 Å². The summed E-state index contributed by atoms with van der Waals surface area (Å²) in [6.07, 6.45) is 2.58. The van der Waals surface area contributed by atoms with Crippen LogP contribution in [0.3, 0.4) is 0 Å². The molecule has 59 valence electrons. The maximum Gasteiger partial charge on any atom is 0.00957 e. The van der Waals surface area contributed by atoms with Gasteiger partial charge in [0.05, 0.1) is 0 Å². The maximum absolute atomic E-state index is 4.00. The average Bonchev–Trinajstić information content (AvgIpc) is 2.15. The van der Waals surface area contributed by atoms with Crippen LogP contribution in [-0.4, -0.2) is 12.6 Å². The molecule has 0 amide bonds. The van der Waals surface area contributed by atoms with Crippen molar-refractivity contribution >= 4 is 0 Å². The van der Waals surface area contributed by atoms with Gasteiger partial charge >= 0.3 is 0 Å². The Labute approximate surface area is 64.2 Å². The van der Waals surface area contributed by atoms with Gasteiger partial charge in [0.25, 0.3) is 0 Å². The molecule has 1 N–H and O–H groups in total. The van der Waals surface area contributed by atoms with Crippen molar-refractivity contribution in [2.45, 2.75) is 32.7 Å². The van der Waals surface area contributed by atoms with Crippen molar-refractivity contribution in [2.75, 3.05) is 6.54 Å². The molecule has 1 heterocycles. The summed E-state index contributed by atoms with van der Waals surface area (Å²) in [6.45, 7) is 9.72. The van der Waals surface area contributed by atoms with Gasteiger partial charge < -0.3 is 5.32 Å². The molecule has 1 heteroatoms. The number of hydrogen-bond donors (Lipinski definition) is 1. The molecule has 3 atom stereocenters. The quantitative estimate of drug-likeness (QED) is 0.617. The second-order valence-corrected chi connectivity index (χ2v) is 3.67. The molecule has 3 unspecified atom stereocenters. The van der Waals surface area contributed by atoms with E-state index in [0.717, 1.165) is 12.0 Å². The first-order valence-electron chi connectivity index (χ1n) is 4.26. The van der Waals surface area contributed by atoms with Crippen LogP contribution < -0.4 is 5.32 Å². The van der Waals surface area contributed by atoms with E-state index < -0.39 is 0 Å². The van der Waals surface area contributed by atoms with E-state index in [9.17, 15) is 0 Å². The number of nitrogens with one attached hydrogen (secondary N) is 1. The Hall–Kier alpha value is -0.0400. The second kappa shape index (κ2) is 3.38. The lowest BCUT2D eigenvalue weighted by atomic mass is 9.95. The Balaban J connectivity index is 2.26. The average molecular weight is 140 g/mol. The minimum atomic E-state index is 0.595. The van der Waals surface area contributed by atoms with Gasteiger partial charge in [-0.25, -0.2) is 0 Å². The molecular weight excluding hydrogens is 122 g/mol. The summed E-state index contributed by atoms with van der Waals surface area (Å²) >= 11 is 0. The maximum atomic E-state index is 4.00. The van der Waals surface area contributed by atoms with Gasteiger partial charge in [-0.3, -0.25) is 0 Å². The molecule has 1 nitrogen and oxygen atoms in total. The monoisotopic (exact) mass is 140 g/mol. The first-order chi connectivity index (χ1) is 4.70. The zero-order valence-corrected chi connectivity index (χ0v) is 7.06. The fraction of sp³-hybridized carbons (Fsp3) is 0.889. The van der Waals surface area contributed by atoms with Gasteiger partial charge in [-0.1, -0.05) is 20.8 Å². The van der Waals surface area contributed by atoms with Crippen LogP contribution in [0.5, 0.6) is 0 Å². The Morgan fingerprint density at radius 2 is 2.40 bits per heavy atom. The number of rotatable bonds is 2. The van der Waals surface area contributed by atoms with Crippen molar-refractivity contribution in [3.63, 3.8) is 0 Å². The molecule has 1 saturated heterocycles. The summed E-state index contributed by atoms with van der Waals surface area (Å²) in [4.78, 5) is 0. The highest BCUT2D eigenvalue weighted by Gasteiger charge is 2.22. The van der Waals surface area contributed by atoms with E-state index in [4.69, 9.17) is 0 Å². The van der Waals surface area contributed by atoms with Gasteiger partial charge in [-0.15, -0.1) is 0 Å². The molecular formula is C9H18N. The highest BCUT2D eigenvalue weighted by Crippen LogP contribution is 2.20. The molecule has 0 aromatic heterocycles. The van der Waals surface area contributed by atoms with Crippen molar-refractivity contribution in [2.24, 2.45) is 11.8 Å². The smallest absolute Gasteiger partial charge is 0.00957 e. The summed E-state index contributed by atoms with van der Waals surface area (Å²) in [6, 6.07) is 0.743. The minimum absolute atomic E-state index is 0.595. The van der Waals surface area contributed by atoms with Crippen molar-refractivity contribution in [1.82, 2.24) is 5.32 Å². The van der Waals surface area contributed by atoms with Gasteiger partial charge in [-0.05, 0) is 31.2 Å². The highest BCUT2D eigenvalue weighted by molar-refractivity contribution is 4.82. The Morgan fingerprint density at radius 1 is 1.70 bits per heavy atom. The van der Waals surface area contributed by atoms with E-state index >= 15 is 0 Å². The van der Waals surface area contributed by atoms with Crippen molar-refractivity contribution in [3.05, 3.63) is 6.92 Å².